The second-order valence-corrected chi connectivity index (χ2v) is 5.24. The highest BCUT2D eigenvalue weighted by molar-refractivity contribution is 6.21. The molecule has 0 N–H and O–H groups in total. The van der Waals surface area contributed by atoms with Gasteiger partial charge >= 0.3 is 5.97 Å². The average molecular weight is 273 g/mol. The molecule has 2 aliphatic rings. The minimum absolute atomic E-state index is 0.123. The van der Waals surface area contributed by atoms with Gasteiger partial charge in [-0.15, -0.1) is 0 Å². The third kappa shape index (κ3) is 1.81. The molecule has 1 saturated carbocycles. The number of esters is 1. The molecule has 104 valence electrons. The Kier molecular flexibility index (Phi) is 2.85. The Morgan fingerprint density at radius 2 is 1.75 bits per heavy atom. The van der Waals surface area contributed by atoms with Crippen molar-refractivity contribution in [1.82, 2.24) is 4.90 Å². The fourth-order valence-corrected chi connectivity index (χ4v) is 2.55. The molecule has 1 aromatic carbocycles. The first-order chi connectivity index (χ1) is 9.59. The summed E-state index contributed by atoms with van der Waals surface area (Å²) >= 11 is 0. The molecule has 0 atom stereocenters. The summed E-state index contributed by atoms with van der Waals surface area (Å²) in [6.45, 7) is 2.18. The molecule has 3 rings (SSSR count). The van der Waals surface area contributed by atoms with Gasteiger partial charge in [0.15, 0.2) is 0 Å². The fourth-order valence-electron chi connectivity index (χ4n) is 2.55. The van der Waals surface area contributed by atoms with Crippen molar-refractivity contribution in [2.75, 3.05) is 13.2 Å². The van der Waals surface area contributed by atoms with Crippen LogP contribution in [-0.2, 0) is 9.53 Å². The summed E-state index contributed by atoms with van der Waals surface area (Å²) < 4.78 is 5.04. The lowest BCUT2D eigenvalue weighted by Crippen LogP contribution is -2.39. The van der Waals surface area contributed by atoms with E-state index in [4.69, 9.17) is 4.74 Å². The molecule has 0 saturated heterocycles. The predicted octanol–water partition coefficient (Wildman–Crippen LogP) is 1.63. The fraction of sp³-hybridized carbons (Fsp3) is 0.400. The van der Waals surface area contributed by atoms with Crippen molar-refractivity contribution in [3.05, 3.63) is 35.4 Å². The smallest absolute Gasteiger partial charge is 0.313 e. The molecular formula is C15H15NO4. The number of benzene rings is 1. The molecule has 1 aromatic rings. The Balaban J connectivity index is 1.82. The van der Waals surface area contributed by atoms with E-state index in [9.17, 15) is 14.4 Å². The molecule has 1 heterocycles. The number of nitrogens with zero attached hydrogens (tertiary/aromatic N) is 1. The lowest BCUT2D eigenvalue weighted by molar-refractivity contribution is -0.149. The maximum atomic E-state index is 12.2. The quantitative estimate of drug-likeness (QED) is 0.618. The van der Waals surface area contributed by atoms with Crippen molar-refractivity contribution in [2.24, 2.45) is 5.41 Å². The van der Waals surface area contributed by atoms with E-state index in [0.717, 1.165) is 0 Å². The van der Waals surface area contributed by atoms with Crippen molar-refractivity contribution in [3.63, 3.8) is 0 Å². The third-order valence-electron chi connectivity index (χ3n) is 3.90. The molecule has 0 unspecified atom stereocenters. The van der Waals surface area contributed by atoms with E-state index < -0.39 is 5.41 Å². The van der Waals surface area contributed by atoms with Gasteiger partial charge in [-0.1, -0.05) is 12.1 Å². The van der Waals surface area contributed by atoms with Crippen LogP contribution in [0.25, 0.3) is 0 Å². The molecule has 0 aromatic heterocycles. The first-order valence-electron chi connectivity index (χ1n) is 6.71. The molecule has 1 aliphatic heterocycles. The highest BCUT2D eigenvalue weighted by Crippen LogP contribution is 2.48. The molecule has 0 bridgehead atoms. The monoisotopic (exact) mass is 273 g/mol. The van der Waals surface area contributed by atoms with Gasteiger partial charge in [0.05, 0.1) is 23.1 Å². The first kappa shape index (κ1) is 12.8. The Morgan fingerprint density at radius 1 is 1.20 bits per heavy atom. The zero-order valence-electron chi connectivity index (χ0n) is 11.2. The van der Waals surface area contributed by atoms with Crippen LogP contribution in [0.4, 0.5) is 0 Å². The number of hydrogen-bond donors (Lipinski definition) is 0. The van der Waals surface area contributed by atoms with E-state index in [1.807, 2.05) is 0 Å². The SMILES string of the molecule is CCOC(=O)C1(CN2C(=O)c3ccccc3C2=O)CC1. The molecule has 5 heteroatoms. The van der Waals surface area contributed by atoms with Crippen molar-refractivity contribution in [1.29, 1.82) is 0 Å². The van der Waals surface area contributed by atoms with Gasteiger partial charge in [-0.25, -0.2) is 0 Å². The van der Waals surface area contributed by atoms with Gasteiger partial charge in [0, 0.05) is 6.54 Å². The summed E-state index contributed by atoms with van der Waals surface area (Å²) in [7, 11) is 0. The van der Waals surface area contributed by atoms with Crippen LogP contribution in [0.2, 0.25) is 0 Å². The number of rotatable bonds is 4. The number of imide groups is 1. The van der Waals surface area contributed by atoms with E-state index in [1.165, 1.54) is 4.90 Å². The second-order valence-electron chi connectivity index (χ2n) is 5.24. The highest BCUT2D eigenvalue weighted by atomic mass is 16.5. The van der Waals surface area contributed by atoms with Gasteiger partial charge in [-0.3, -0.25) is 19.3 Å². The largest absolute Gasteiger partial charge is 0.466 e. The summed E-state index contributed by atoms with van der Waals surface area (Å²) in [6.07, 6.45) is 1.33. The molecule has 1 fully saturated rings. The molecule has 0 radical (unpaired) electrons. The van der Waals surface area contributed by atoms with Crippen LogP contribution in [0.5, 0.6) is 0 Å². The Bertz CT molecular complexity index is 569. The van der Waals surface area contributed by atoms with Crippen LogP contribution in [0.3, 0.4) is 0 Å². The summed E-state index contributed by atoms with van der Waals surface area (Å²) in [4.78, 5) is 37.6. The summed E-state index contributed by atoms with van der Waals surface area (Å²) in [5.41, 5.74) is 0.151. The van der Waals surface area contributed by atoms with Crippen LogP contribution < -0.4 is 0 Å². The van der Waals surface area contributed by atoms with Crippen LogP contribution in [-0.4, -0.2) is 35.8 Å². The zero-order valence-corrected chi connectivity index (χ0v) is 11.2. The zero-order chi connectivity index (χ0) is 14.3. The van der Waals surface area contributed by atoms with Gasteiger partial charge in [-0.2, -0.15) is 0 Å². The summed E-state index contributed by atoms with van der Waals surface area (Å²) in [5.74, 6) is -0.945. The average Bonchev–Trinajstić information content (AvgIpc) is 3.20. The summed E-state index contributed by atoms with van der Waals surface area (Å²) in [6, 6.07) is 6.73. The van der Waals surface area contributed by atoms with Crippen molar-refractivity contribution >= 4 is 17.8 Å². The highest BCUT2D eigenvalue weighted by Gasteiger charge is 2.55. The molecule has 1 aliphatic carbocycles. The normalized spacial score (nSPS) is 18.9. The maximum absolute atomic E-state index is 12.2. The van der Waals surface area contributed by atoms with E-state index in [-0.39, 0.29) is 24.3 Å². The lowest BCUT2D eigenvalue weighted by Gasteiger charge is -2.20. The topological polar surface area (TPSA) is 63.7 Å². The Labute approximate surface area is 116 Å². The number of hydrogen-bond acceptors (Lipinski definition) is 4. The van der Waals surface area contributed by atoms with Gasteiger partial charge in [0.2, 0.25) is 0 Å². The van der Waals surface area contributed by atoms with E-state index in [2.05, 4.69) is 0 Å². The maximum Gasteiger partial charge on any atom is 0.313 e. The first-order valence-corrected chi connectivity index (χ1v) is 6.71. The van der Waals surface area contributed by atoms with Gasteiger partial charge in [0.25, 0.3) is 11.8 Å². The van der Waals surface area contributed by atoms with Crippen molar-refractivity contribution in [2.45, 2.75) is 19.8 Å². The number of ether oxygens (including phenoxy) is 1. The third-order valence-corrected chi connectivity index (χ3v) is 3.90. The van der Waals surface area contributed by atoms with Crippen LogP contribution in [0.1, 0.15) is 40.5 Å². The van der Waals surface area contributed by atoms with Crippen LogP contribution in [0.15, 0.2) is 24.3 Å². The number of carbonyl (C=O) groups excluding carboxylic acids is 3. The number of carbonyl (C=O) groups is 3. The van der Waals surface area contributed by atoms with E-state index in [0.29, 0.717) is 30.6 Å². The molecular weight excluding hydrogens is 258 g/mol. The number of fused-ring (bicyclic) bond motifs is 1. The standard InChI is InChI=1S/C15H15NO4/c1-2-20-14(19)15(7-8-15)9-16-12(17)10-5-3-4-6-11(10)13(16)18/h3-6H,2,7-9H2,1H3. The molecule has 0 spiro atoms. The van der Waals surface area contributed by atoms with E-state index >= 15 is 0 Å². The predicted molar refractivity (Wildman–Crippen MR) is 70.1 cm³/mol. The van der Waals surface area contributed by atoms with Gasteiger partial charge in [0.1, 0.15) is 0 Å². The van der Waals surface area contributed by atoms with Crippen LogP contribution in [0, 0.1) is 5.41 Å². The Hall–Kier alpha value is -2.17. The molecule has 5 nitrogen and oxygen atoms in total. The molecule has 20 heavy (non-hydrogen) atoms. The number of amides is 2. The van der Waals surface area contributed by atoms with Crippen molar-refractivity contribution < 1.29 is 19.1 Å². The lowest BCUT2D eigenvalue weighted by atomic mass is 10.1. The minimum Gasteiger partial charge on any atom is -0.466 e. The van der Waals surface area contributed by atoms with Gasteiger partial charge < -0.3 is 4.74 Å². The van der Waals surface area contributed by atoms with Crippen LogP contribution >= 0.6 is 0 Å². The minimum atomic E-state index is -0.677. The molecule has 2 amide bonds. The Morgan fingerprint density at radius 3 is 2.20 bits per heavy atom. The summed E-state index contributed by atoms with van der Waals surface area (Å²) in [5, 5.41) is 0. The van der Waals surface area contributed by atoms with Crippen molar-refractivity contribution in [3.8, 4) is 0 Å². The van der Waals surface area contributed by atoms with Gasteiger partial charge in [-0.05, 0) is 31.9 Å². The van der Waals surface area contributed by atoms with E-state index in [1.54, 1.807) is 31.2 Å². The second kappa shape index (κ2) is 4.44.